The molecule has 0 aromatic carbocycles. The fourth-order valence-corrected chi connectivity index (χ4v) is 1.61. The number of pyridine rings is 1. The summed E-state index contributed by atoms with van der Waals surface area (Å²) in [6.07, 6.45) is 2.76. The number of hydrogen-bond donors (Lipinski definition) is 2. The smallest absolute Gasteiger partial charge is 0.251 e. The van der Waals surface area contributed by atoms with Gasteiger partial charge in [0.1, 0.15) is 0 Å². The molecule has 0 fully saturated rings. The lowest BCUT2D eigenvalue weighted by atomic mass is 9.94. The Morgan fingerprint density at radius 3 is 2.72 bits per heavy atom. The van der Waals surface area contributed by atoms with Crippen LogP contribution in [0.15, 0.2) is 23.1 Å². The molecule has 0 bridgehead atoms. The molecular weight excluding hydrogens is 232 g/mol. The largest absolute Gasteiger partial charge is 0.396 e. The van der Waals surface area contributed by atoms with E-state index in [1.54, 1.807) is 19.3 Å². The van der Waals surface area contributed by atoms with Crippen molar-refractivity contribution in [1.29, 1.82) is 0 Å². The van der Waals surface area contributed by atoms with Crippen LogP contribution in [0.5, 0.6) is 0 Å². The summed E-state index contributed by atoms with van der Waals surface area (Å²) in [6.45, 7) is 3.84. The number of aryl methyl sites for hydroxylation is 1. The summed E-state index contributed by atoms with van der Waals surface area (Å²) in [5.74, 6) is -0.287. The quantitative estimate of drug-likeness (QED) is 0.809. The normalized spacial score (nSPS) is 14.0. The monoisotopic (exact) mass is 252 g/mol. The van der Waals surface area contributed by atoms with Crippen molar-refractivity contribution < 1.29 is 9.90 Å². The van der Waals surface area contributed by atoms with Crippen LogP contribution in [0.25, 0.3) is 0 Å². The number of nitrogens with zero attached hydrogens (tertiary/aromatic N) is 1. The summed E-state index contributed by atoms with van der Waals surface area (Å²) in [5, 5.41) is 11.9. The third-order valence-electron chi connectivity index (χ3n) is 3.23. The zero-order chi connectivity index (χ0) is 13.8. The highest BCUT2D eigenvalue weighted by Crippen LogP contribution is 2.14. The van der Waals surface area contributed by atoms with E-state index in [9.17, 15) is 9.59 Å². The average molecular weight is 252 g/mol. The molecule has 1 unspecified atom stereocenters. The molecule has 5 heteroatoms. The van der Waals surface area contributed by atoms with Crippen LogP contribution in [0.3, 0.4) is 0 Å². The van der Waals surface area contributed by atoms with Gasteiger partial charge in [0.15, 0.2) is 0 Å². The van der Waals surface area contributed by atoms with E-state index < -0.39 is 5.54 Å². The van der Waals surface area contributed by atoms with Crippen LogP contribution in [-0.4, -0.2) is 27.7 Å². The first-order chi connectivity index (χ1) is 8.41. The Labute approximate surface area is 106 Å². The van der Waals surface area contributed by atoms with Gasteiger partial charge in [-0.2, -0.15) is 0 Å². The number of aromatic nitrogens is 1. The van der Waals surface area contributed by atoms with Gasteiger partial charge in [-0.25, -0.2) is 0 Å². The average Bonchev–Trinajstić information content (AvgIpc) is 2.32. The molecule has 1 atom stereocenters. The molecule has 100 valence electrons. The summed E-state index contributed by atoms with van der Waals surface area (Å²) < 4.78 is 1.41. The molecule has 0 aliphatic rings. The van der Waals surface area contributed by atoms with Crippen molar-refractivity contribution in [3.05, 3.63) is 34.2 Å². The molecule has 0 saturated heterocycles. The standard InChI is InChI=1S/C13H20N2O3/c1-4-13(2,6-8-16)14-12(18)10-5-7-15(3)11(17)9-10/h5,7,9,16H,4,6,8H2,1-3H3,(H,14,18). The van der Waals surface area contributed by atoms with E-state index in [4.69, 9.17) is 5.11 Å². The molecule has 0 aliphatic heterocycles. The van der Waals surface area contributed by atoms with Gasteiger partial charge in [-0.15, -0.1) is 0 Å². The van der Waals surface area contributed by atoms with Crippen molar-refractivity contribution in [2.24, 2.45) is 7.05 Å². The zero-order valence-electron chi connectivity index (χ0n) is 11.1. The maximum Gasteiger partial charge on any atom is 0.251 e. The third kappa shape index (κ3) is 3.43. The van der Waals surface area contributed by atoms with Crippen LogP contribution in [0.2, 0.25) is 0 Å². The van der Waals surface area contributed by atoms with Gasteiger partial charge in [-0.1, -0.05) is 6.92 Å². The molecule has 0 aliphatic carbocycles. The summed E-state index contributed by atoms with van der Waals surface area (Å²) >= 11 is 0. The molecule has 1 heterocycles. The number of hydrogen-bond acceptors (Lipinski definition) is 3. The molecule has 1 aromatic rings. The topological polar surface area (TPSA) is 71.3 Å². The maximum atomic E-state index is 12.0. The molecule has 5 nitrogen and oxygen atoms in total. The molecule has 1 amide bonds. The van der Waals surface area contributed by atoms with Crippen molar-refractivity contribution in [2.45, 2.75) is 32.2 Å². The number of rotatable bonds is 5. The van der Waals surface area contributed by atoms with Crippen LogP contribution in [0.4, 0.5) is 0 Å². The number of nitrogens with one attached hydrogen (secondary N) is 1. The SMILES string of the molecule is CCC(C)(CCO)NC(=O)c1ccn(C)c(=O)c1. The highest BCUT2D eigenvalue weighted by molar-refractivity contribution is 5.94. The van der Waals surface area contributed by atoms with E-state index >= 15 is 0 Å². The molecule has 1 aromatic heterocycles. The van der Waals surface area contributed by atoms with Gasteiger partial charge in [-0.3, -0.25) is 9.59 Å². The lowest BCUT2D eigenvalue weighted by Gasteiger charge is -2.29. The number of carbonyl (C=O) groups excluding carboxylic acids is 1. The van der Waals surface area contributed by atoms with Gasteiger partial charge in [0.25, 0.3) is 11.5 Å². The first kappa shape index (κ1) is 14.4. The second-order valence-electron chi connectivity index (χ2n) is 4.71. The summed E-state index contributed by atoms with van der Waals surface area (Å²) in [7, 11) is 1.63. The van der Waals surface area contributed by atoms with E-state index in [0.29, 0.717) is 18.4 Å². The Balaban J connectivity index is 2.87. The van der Waals surface area contributed by atoms with Crippen LogP contribution in [0.1, 0.15) is 37.0 Å². The molecule has 2 N–H and O–H groups in total. The Kier molecular flexibility index (Phi) is 4.67. The zero-order valence-corrected chi connectivity index (χ0v) is 11.1. The second kappa shape index (κ2) is 5.82. The maximum absolute atomic E-state index is 12.0. The fourth-order valence-electron chi connectivity index (χ4n) is 1.61. The Morgan fingerprint density at radius 2 is 2.22 bits per heavy atom. The predicted octanol–water partition coefficient (Wildman–Crippen LogP) is 0.666. The number of amides is 1. The highest BCUT2D eigenvalue weighted by atomic mass is 16.3. The lowest BCUT2D eigenvalue weighted by Crippen LogP contribution is -2.46. The number of aliphatic hydroxyl groups excluding tert-OH is 1. The van der Waals surface area contributed by atoms with Gasteiger partial charge in [0, 0.05) is 37.0 Å². The molecule has 0 radical (unpaired) electrons. The Hall–Kier alpha value is -1.62. The number of carbonyl (C=O) groups is 1. The van der Waals surface area contributed by atoms with E-state index in [2.05, 4.69) is 5.32 Å². The molecule has 0 saturated carbocycles. The first-order valence-corrected chi connectivity index (χ1v) is 6.02. The van der Waals surface area contributed by atoms with E-state index in [-0.39, 0.29) is 18.1 Å². The molecule has 1 rings (SSSR count). The summed E-state index contributed by atoms with van der Waals surface area (Å²) in [6, 6.07) is 2.91. The van der Waals surface area contributed by atoms with Crippen LogP contribution < -0.4 is 10.9 Å². The van der Waals surface area contributed by atoms with Crippen molar-refractivity contribution in [3.8, 4) is 0 Å². The summed E-state index contributed by atoms with van der Waals surface area (Å²) in [4.78, 5) is 23.5. The fraction of sp³-hybridized carbons (Fsp3) is 0.538. The first-order valence-electron chi connectivity index (χ1n) is 6.02. The third-order valence-corrected chi connectivity index (χ3v) is 3.23. The summed E-state index contributed by atoms with van der Waals surface area (Å²) in [5.41, 5.74) is -0.328. The Bertz CT molecular complexity index is 481. The predicted molar refractivity (Wildman–Crippen MR) is 69.5 cm³/mol. The molecule has 18 heavy (non-hydrogen) atoms. The van der Waals surface area contributed by atoms with Gasteiger partial charge < -0.3 is 15.0 Å². The second-order valence-corrected chi connectivity index (χ2v) is 4.71. The van der Waals surface area contributed by atoms with E-state index in [1.807, 2.05) is 13.8 Å². The van der Waals surface area contributed by atoms with Crippen molar-refractivity contribution in [1.82, 2.24) is 9.88 Å². The minimum absolute atomic E-state index is 0.0151. The van der Waals surface area contributed by atoms with Gasteiger partial charge in [0.05, 0.1) is 0 Å². The van der Waals surface area contributed by atoms with Crippen molar-refractivity contribution in [3.63, 3.8) is 0 Å². The lowest BCUT2D eigenvalue weighted by molar-refractivity contribution is 0.0886. The minimum atomic E-state index is -0.451. The van der Waals surface area contributed by atoms with E-state index in [1.165, 1.54) is 10.6 Å². The Morgan fingerprint density at radius 1 is 1.56 bits per heavy atom. The molecular formula is C13H20N2O3. The molecule has 0 spiro atoms. The van der Waals surface area contributed by atoms with Gasteiger partial charge in [-0.05, 0) is 25.8 Å². The minimum Gasteiger partial charge on any atom is -0.396 e. The highest BCUT2D eigenvalue weighted by Gasteiger charge is 2.24. The van der Waals surface area contributed by atoms with Crippen LogP contribution in [0, 0.1) is 0 Å². The van der Waals surface area contributed by atoms with Crippen LogP contribution >= 0.6 is 0 Å². The number of aliphatic hydroxyl groups is 1. The van der Waals surface area contributed by atoms with Crippen molar-refractivity contribution in [2.75, 3.05) is 6.61 Å². The van der Waals surface area contributed by atoms with Gasteiger partial charge >= 0.3 is 0 Å². The van der Waals surface area contributed by atoms with Crippen molar-refractivity contribution >= 4 is 5.91 Å². The van der Waals surface area contributed by atoms with Crippen LogP contribution in [-0.2, 0) is 7.05 Å². The van der Waals surface area contributed by atoms with E-state index in [0.717, 1.165) is 0 Å². The van der Waals surface area contributed by atoms with Gasteiger partial charge in [0.2, 0.25) is 0 Å².